The number of rotatable bonds is 5. The van der Waals surface area contributed by atoms with Crippen LogP contribution in [0, 0.1) is 6.92 Å². The van der Waals surface area contributed by atoms with E-state index in [0.717, 1.165) is 11.9 Å². The number of H-pyrrole nitrogens is 1. The van der Waals surface area contributed by atoms with Crippen LogP contribution < -0.4 is 5.32 Å². The number of aliphatic hydroxyl groups excluding tert-OH is 1. The molecule has 1 aromatic heterocycles. The first-order chi connectivity index (χ1) is 10.7. The van der Waals surface area contributed by atoms with E-state index >= 15 is 0 Å². The maximum absolute atomic E-state index is 12.3. The molecule has 0 saturated carbocycles. The van der Waals surface area contributed by atoms with Crippen molar-refractivity contribution >= 4 is 21.4 Å². The maximum Gasteiger partial charge on any atom is 0.257 e. The molecule has 2 rings (SSSR count). The summed E-state index contributed by atoms with van der Waals surface area (Å²) in [7, 11) is -3.26. The summed E-state index contributed by atoms with van der Waals surface area (Å²) < 4.78 is 22.8. The summed E-state index contributed by atoms with van der Waals surface area (Å²) in [5.41, 5.74) is 2.51. The van der Waals surface area contributed by atoms with Gasteiger partial charge in [-0.15, -0.1) is 0 Å². The minimum atomic E-state index is -3.26. The van der Waals surface area contributed by atoms with Crippen molar-refractivity contribution in [2.45, 2.75) is 31.3 Å². The van der Waals surface area contributed by atoms with Crippen molar-refractivity contribution in [1.82, 2.24) is 4.98 Å². The Morgan fingerprint density at radius 2 is 1.91 bits per heavy atom. The molecule has 6 nitrogen and oxygen atoms in total. The predicted octanol–water partition coefficient (Wildman–Crippen LogP) is 1.90. The van der Waals surface area contributed by atoms with E-state index in [1.54, 1.807) is 32.0 Å². The number of carbonyl (C=O) groups excluding carboxylic acids is 1. The zero-order chi connectivity index (χ0) is 17.2. The lowest BCUT2D eigenvalue weighted by Gasteiger charge is -2.05. The Labute approximate surface area is 135 Å². The Kier molecular flexibility index (Phi) is 4.91. The van der Waals surface area contributed by atoms with Crippen molar-refractivity contribution in [3.8, 4) is 0 Å². The van der Waals surface area contributed by atoms with Crippen molar-refractivity contribution in [2.24, 2.45) is 0 Å². The number of sulfone groups is 1. The first-order valence-corrected chi connectivity index (χ1v) is 9.04. The largest absolute Gasteiger partial charge is 0.393 e. The molecule has 0 aliphatic rings. The monoisotopic (exact) mass is 336 g/mol. The molecule has 0 unspecified atom stereocenters. The molecular formula is C16H20N2O4S. The lowest BCUT2D eigenvalue weighted by molar-refractivity contribution is 0.102. The Morgan fingerprint density at radius 1 is 1.30 bits per heavy atom. The van der Waals surface area contributed by atoms with Gasteiger partial charge >= 0.3 is 0 Å². The van der Waals surface area contributed by atoms with E-state index in [0.29, 0.717) is 23.4 Å². The van der Waals surface area contributed by atoms with Crippen LogP contribution in [-0.4, -0.2) is 36.8 Å². The highest BCUT2D eigenvalue weighted by Crippen LogP contribution is 2.17. The number of nitrogens with one attached hydrogen (secondary N) is 2. The van der Waals surface area contributed by atoms with Crippen LogP contribution in [0.2, 0.25) is 0 Å². The molecule has 0 spiro atoms. The lowest BCUT2D eigenvalue weighted by atomic mass is 10.2. The van der Waals surface area contributed by atoms with Crippen LogP contribution in [0.15, 0.2) is 35.2 Å². The van der Waals surface area contributed by atoms with E-state index < -0.39 is 15.9 Å². The SMILES string of the molecule is Cc1[nH]c(C[C@H](C)O)cc1C(=O)Nc1ccc(S(C)(=O)=O)cc1. The summed E-state index contributed by atoms with van der Waals surface area (Å²) in [5, 5.41) is 12.1. The topological polar surface area (TPSA) is 99.3 Å². The number of aryl methyl sites for hydroxylation is 1. The number of carbonyl (C=O) groups is 1. The molecule has 3 N–H and O–H groups in total. The molecule has 2 aromatic rings. The first kappa shape index (κ1) is 17.2. The average Bonchev–Trinajstić information content (AvgIpc) is 2.78. The number of aliphatic hydroxyl groups is 1. The number of aromatic nitrogens is 1. The standard InChI is InChI=1S/C16H20N2O4S/c1-10(19)8-13-9-15(11(2)17-13)16(20)18-12-4-6-14(7-5-12)23(3,21)22/h4-7,9-10,17,19H,8H2,1-3H3,(H,18,20)/t10-/m0/s1. The van der Waals surface area contributed by atoms with E-state index in [1.165, 1.54) is 12.1 Å². The number of benzene rings is 1. The Hall–Kier alpha value is -2.12. The second-order valence-electron chi connectivity index (χ2n) is 5.64. The highest BCUT2D eigenvalue weighted by atomic mass is 32.2. The highest BCUT2D eigenvalue weighted by Gasteiger charge is 2.14. The Balaban J connectivity index is 2.14. The number of aromatic amines is 1. The third-order valence-corrected chi connectivity index (χ3v) is 4.50. The van der Waals surface area contributed by atoms with Crippen LogP contribution in [0.1, 0.15) is 28.7 Å². The second-order valence-corrected chi connectivity index (χ2v) is 7.65. The van der Waals surface area contributed by atoms with Crippen LogP contribution in [0.25, 0.3) is 0 Å². The molecule has 1 amide bonds. The molecule has 0 radical (unpaired) electrons. The molecule has 0 fully saturated rings. The summed E-state index contributed by atoms with van der Waals surface area (Å²) in [6.45, 7) is 3.46. The maximum atomic E-state index is 12.3. The van der Waals surface area contributed by atoms with E-state index in [2.05, 4.69) is 10.3 Å². The van der Waals surface area contributed by atoms with Gasteiger partial charge in [-0.05, 0) is 44.2 Å². The number of amides is 1. The molecule has 23 heavy (non-hydrogen) atoms. The van der Waals surface area contributed by atoms with Gasteiger partial charge in [0.25, 0.3) is 5.91 Å². The first-order valence-electron chi connectivity index (χ1n) is 7.15. The van der Waals surface area contributed by atoms with Gasteiger partial charge in [0, 0.05) is 29.8 Å². The smallest absolute Gasteiger partial charge is 0.257 e. The van der Waals surface area contributed by atoms with Gasteiger partial charge in [-0.3, -0.25) is 4.79 Å². The zero-order valence-electron chi connectivity index (χ0n) is 13.3. The Bertz CT molecular complexity index is 805. The number of hydrogen-bond donors (Lipinski definition) is 3. The fraction of sp³-hybridized carbons (Fsp3) is 0.312. The van der Waals surface area contributed by atoms with Crippen molar-refractivity contribution in [3.05, 3.63) is 47.3 Å². The van der Waals surface area contributed by atoms with E-state index in [4.69, 9.17) is 0 Å². The second kappa shape index (κ2) is 6.55. The van der Waals surface area contributed by atoms with Crippen LogP contribution >= 0.6 is 0 Å². The molecule has 0 aliphatic heterocycles. The molecule has 0 saturated heterocycles. The van der Waals surface area contributed by atoms with Gasteiger partial charge in [-0.2, -0.15) is 0 Å². The average molecular weight is 336 g/mol. The van der Waals surface area contributed by atoms with Crippen molar-refractivity contribution in [1.29, 1.82) is 0 Å². The molecule has 0 aliphatic carbocycles. The number of anilines is 1. The minimum Gasteiger partial charge on any atom is -0.393 e. The van der Waals surface area contributed by atoms with Crippen LogP contribution in [0.5, 0.6) is 0 Å². The fourth-order valence-corrected chi connectivity index (χ4v) is 2.91. The molecule has 7 heteroatoms. The van der Waals surface area contributed by atoms with Gasteiger partial charge in [-0.25, -0.2) is 8.42 Å². The van der Waals surface area contributed by atoms with Crippen LogP contribution in [-0.2, 0) is 16.3 Å². The van der Waals surface area contributed by atoms with Gasteiger partial charge in [0.05, 0.1) is 16.6 Å². The number of hydrogen-bond acceptors (Lipinski definition) is 4. The van der Waals surface area contributed by atoms with Gasteiger partial charge in [0.2, 0.25) is 0 Å². The van der Waals surface area contributed by atoms with E-state index in [9.17, 15) is 18.3 Å². The molecule has 1 aromatic carbocycles. The zero-order valence-corrected chi connectivity index (χ0v) is 14.1. The fourth-order valence-electron chi connectivity index (χ4n) is 2.27. The third kappa shape index (κ3) is 4.43. The molecule has 1 heterocycles. The van der Waals surface area contributed by atoms with Gasteiger partial charge in [0.15, 0.2) is 9.84 Å². The molecule has 0 bridgehead atoms. The Morgan fingerprint density at radius 3 is 2.43 bits per heavy atom. The normalized spacial score (nSPS) is 12.9. The summed E-state index contributed by atoms with van der Waals surface area (Å²) in [6, 6.07) is 7.71. The molecule has 124 valence electrons. The van der Waals surface area contributed by atoms with Crippen molar-refractivity contribution in [3.63, 3.8) is 0 Å². The van der Waals surface area contributed by atoms with E-state index in [-0.39, 0.29) is 10.8 Å². The lowest BCUT2D eigenvalue weighted by Crippen LogP contribution is -2.12. The van der Waals surface area contributed by atoms with Crippen molar-refractivity contribution < 1.29 is 18.3 Å². The van der Waals surface area contributed by atoms with Crippen LogP contribution in [0.4, 0.5) is 5.69 Å². The summed E-state index contributed by atoms with van der Waals surface area (Å²) >= 11 is 0. The molecule has 1 atom stereocenters. The van der Waals surface area contributed by atoms with Gasteiger partial charge in [-0.1, -0.05) is 0 Å². The van der Waals surface area contributed by atoms with Crippen LogP contribution in [0.3, 0.4) is 0 Å². The minimum absolute atomic E-state index is 0.201. The highest BCUT2D eigenvalue weighted by molar-refractivity contribution is 7.90. The summed E-state index contributed by atoms with van der Waals surface area (Å²) in [6.07, 6.45) is 1.08. The molecular weight excluding hydrogens is 316 g/mol. The third-order valence-electron chi connectivity index (χ3n) is 3.37. The van der Waals surface area contributed by atoms with Gasteiger partial charge < -0.3 is 15.4 Å². The van der Waals surface area contributed by atoms with Crippen molar-refractivity contribution in [2.75, 3.05) is 11.6 Å². The predicted molar refractivity (Wildman–Crippen MR) is 88.4 cm³/mol. The van der Waals surface area contributed by atoms with E-state index in [1.807, 2.05) is 0 Å². The van der Waals surface area contributed by atoms with Gasteiger partial charge in [0.1, 0.15) is 0 Å². The summed E-state index contributed by atoms with van der Waals surface area (Å²) in [4.78, 5) is 15.6. The summed E-state index contributed by atoms with van der Waals surface area (Å²) in [5.74, 6) is -0.289. The quantitative estimate of drug-likeness (QED) is 0.776.